The molecule has 8 heteroatoms. The number of hydrogen-bond donors (Lipinski definition) is 2. The summed E-state index contributed by atoms with van der Waals surface area (Å²) in [4.78, 5) is 4.46. The minimum Gasteiger partial charge on any atom is -0.477 e. The molecule has 1 saturated heterocycles. The van der Waals surface area contributed by atoms with Crippen molar-refractivity contribution in [3.8, 4) is 11.9 Å². The molecule has 1 fully saturated rings. The van der Waals surface area contributed by atoms with Gasteiger partial charge in [0.15, 0.2) is 5.82 Å². The van der Waals surface area contributed by atoms with Crippen LogP contribution in [0.5, 0.6) is 5.88 Å². The number of halogens is 3. The molecule has 3 rings (SSSR count). The van der Waals surface area contributed by atoms with Gasteiger partial charge >= 0.3 is 0 Å². The van der Waals surface area contributed by atoms with E-state index in [1.807, 2.05) is 13.0 Å². The second kappa shape index (κ2) is 9.09. The number of ether oxygens (including phenoxy) is 1. The minimum absolute atomic E-state index is 0.211. The number of hydrogen-bond acceptors (Lipinski definition) is 5. The molecule has 2 N–H and O–H groups in total. The van der Waals surface area contributed by atoms with Gasteiger partial charge in [-0.05, 0) is 76.3 Å². The molecule has 0 radical (unpaired) electrons. The minimum atomic E-state index is -0.420. The number of nitrogens with zero attached hydrogens (tertiary/aromatic N) is 2. The van der Waals surface area contributed by atoms with Crippen molar-refractivity contribution < 1.29 is 9.13 Å². The summed E-state index contributed by atoms with van der Waals surface area (Å²) in [6, 6.07) is 4.57. The first-order valence-corrected chi connectivity index (χ1v) is 11.3. The number of aryl methyl sites for hydroxylation is 1. The van der Waals surface area contributed by atoms with Gasteiger partial charge in [-0.15, -0.1) is 0 Å². The third kappa shape index (κ3) is 4.07. The summed E-state index contributed by atoms with van der Waals surface area (Å²) >= 11 is 5.56. The largest absolute Gasteiger partial charge is 0.477 e. The monoisotopic (exact) mass is 560 g/mol. The van der Waals surface area contributed by atoms with E-state index >= 15 is 4.39 Å². The van der Waals surface area contributed by atoms with Crippen LogP contribution in [0.4, 0.5) is 10.1 Å². The fourth-order valence-electron chi connectivity index (χ4n) is 3.64. The van der Waals surface area contributed by atoms with Crippen molar-refractivity contribution in [3.05, 3.63) is 25.5 Å². The zero-order chi connectivity index (χ0) is 20.4. The highest BCUT2D eigenvalue weighted by atomic mass is 127. The second-order valence-corrected chi connectivity index (χ2v) is 8.97. The van der Waals surface area contributed by atoms with Crippen LogP contribution in [-0.2, 0) is 6.42 Å². The SMILES string of the molecule is CCOc1nc2c(F)c(Br)c(CCC#N)cc2c(N[C@H]2[C@H](C)CN[C@@H]2C)c1I. The first-order valence-electron chi connectivity index (χ1n) is 9.38. The van der Waals surface area contributed by atoms with Crippen LogP contribution < -0.4 is 15.4 Å². The Hall–Kier alpha value is -1.18. The maximum Gasteiger partial charge on any atom is 0.229 e. The van der Waals surface area contributed by atoms with E-state index < -0.39 is 5.82 Å². The van der Waals surface area contributed by atoms with Gasteiger partial charge in [0.25, 0.3) is 0 Å². The van der Waals surface area contributed by atoms with Crippen molar-refractivity contribution in [2.45, 2.75) is 45.7 Å². The summed E-state index contributed by atoms with van der Waals surface area (Å²) in [5, 5.41) is 16.8. The Balaban J connectivity index is 2.21. The number of anilines is 1. The van der Waals surface area contributed by atoms with Crippen molar-refractivity contribution in [1.82, 2.24) is 10.3 Å². The summed E-state index contributed by atoms with van der Waals surface area (Å²) in [5.41, 5.74) is 1.87. The van der Waals surface area contributed by atoms with Crippen LogP contribution >= 0.6 is 38.5 Å². The predicted molar refractivity (Wildman–Crippen MR) is 121 cm³/mol. The van der Waals surface area contributed by atoms with Gasteiger partial charge in [0.1, 0.15) is 5.52 Å². The summed E-state index contributed by atoms with van der Waals surface area (Å²) in [7, 11) is 0. The predicted octanol–water partition coefficient (Wildman–Crippen LogP) is 5.00. The van der Waals surface area contributed by atoms with Crippen LogP contribution in [0.25, 0.3) is 10.9 Å². The molecule has 0 unspecified atom stereocenters. The summed E-state index contributed by atoms with van der Waals surface area (Å²) in [6.45, 7) is 7.62. The zero-order valence-corrected chi connectivity index (χ0v) is 19.8. The van der Waals surface area contributed by atoms with Crippen LogP contribution in [0, 0.1) is 26.6 Å². The molecule has 0 spiro atoms. The van der Waals surface area contributed by atoms with Gasteiger partial charge in [0.2, 0.25) is 5.88 Å². The second-order valence-electron chi connectivity index (χ2n) is 7.10. The van der Waals surface area contributed by atoms with E-state index in [4.69, 9.17) is 10.00 Å². The quantitative estimate of drug-likeness (QED) is 0.486. The van der Waals surface area contributed by atoms with Gasteiger partial charge in [-0.25, -0.2) is 9.37 Å². The topological polar surface area (TPSA) is 70.0 Å². The van der Waals surface area contributed by atoms with Gasteiger partial charge in [0.05, 0.1) is 26.4 Å². The highest BCUT2D eigenvalue weighted by Crippen LogP contribution is 2.39. The van der Waals surface area contributed by atoms with Crippen molar-refractivity contribution >= 4 is 55.1 Å². The molecule has 150 valence electrons. The summed E-state index contributed by atoms with van der Waals surface area (Å²) in [5.74, 6) is 0.444. The van der Waals surface area contributed by atoms with E-state index in [9.17, 15) is 0 Å². The molecule has 3 atom stereocenters. The molecule has 0 amide bonds. The molecule has 28 heavy (non-hydrogen) atoms. The van der Waals surface area contributed by atoms with Gasteiger partial charge in [-0.3, -0.25) is 0 Å². The normalized spacial score (nSPS) is 21.7. The Morgan fingerprint density at radius 1 is 1.50 bits per heavy atom. The Labute approximate surface area is 186 Å². The Morgan fingerprint density at radius 3 is 2.86 bits per heavy atom. The number of rotatable bonds is 6. The maximum absolute atomic E-state index is 15.2. The van der Waals surface area contributed by atoms with Gasteiger partial charge in [-0.1, -0.05) is 6.92 Å². The molecule has 1 aliphatic heterocycles. The number of aromatic nitrogens is 1. The average molecular weight is 561 g/mol. The van der Waals surface area contributed by atoms with Crippen LogP contribution in [0.1, 0.15) is 32.8 Å². The summed E-state index contributed by atoms with van der Waals surface area (Å²) in [6.07, 6.45) is 0.805. The Kier molecular flexibility index (Phi) is 6.99. The molecular formula is C20H23BrFIN4O. The zero-order valence-electron chi connectivity index (χ0n) is 16.1. The molecule has 0 bridgehead atoms. The lowest BCUT2D eigenvalue weighted by molar-refractivity contribution is 0.325. The van der Waals surface area contributed by atoms with Crippen molar-refractivity contribution in [3.63, 3.8) is 0 Å². The lowest BCUT2D eigenvalue weighted by Crippen LogP contribution is -2.35. The van der Waals surface area contributed by atoms with Crippen molar-refractivity contribution in [1.29, 1.82) is 5.26 Å². The lowest BCUT2D eigenvalue weighted by atomic mass is 10.00. The highest BCUT2D eigenvalue weighted by molar-refractivity contribution is 14.1. The number of nitriles is 1. The third-order valence-electron chi connectivity index (χ3n) is 5.16. The molecule has 5 nitrogen and oxygen atoms in total. The van der Waals surface area contributed by atoms with E-state index in [1.165, 1.54) is 0 Å². The average Bonchev–Trinajstić information content (AvgIpc) is 2.99. The Morgan fingerprint density at radius 2 is 2.25 bits per heavy atom. The first kappa shape index (κ1) is 21.5. The van der Waals surface area contributed by atoms with Crippen LogP contribution in [0.15, 0.2) is 10.5 Å². The maximum atomic E-state index is 15.2. The van der Waals surface area contributed by atoms with Crippen molar-refractivity contribution in [2.75, 3.05) is 18.5 Å². The number of fused-ring (bicyclic) bond motifs is 1. The smallest absolute Gasteiger partial charge is 0.229 e. The summed E-state index contributed by atoms with van der Waals surface area (Å²) < 4.78 is 22.1. The fourth-order valence-corrected chi connectivity index (χ4v) is 4.87. The van der Waals surface area contributed by atoms with Crippen LogP contribution in [-0.4, -0.2) is 30.2 Å². The molecule has 0 saturated carbocycles. The standard InChI is InChI=1S/C20H23BrFIN4O/c1-4-28-20-16(23)19(26-17-10(2)9-25-11(17)3)13-8-12(6-5-7-24)14(21)15(22)18(13)27-20/h8,10-11,17,25H,4-6,9H2,1-3H3,(H,26,27)/t10-,11-,17+/m1/s1. The van der Waals surface area contributed by atoms with E-state index in [-0.39, 0.29) is 11.6 Å². The van der Waals surface area contributed by atoms with E-state index in [1.54, 1.807) is 0 Å². The molecule has 1 aromatic carbocycles. The van der Waals surface area contributed by atoms with Crippen molar-refractivity contribution in [2.24, 2.45) is 5.92 Å². The van der Waals surface area contributed by atoms with E-state index in [2.05, 4.69) is 74.1 Å². The molecule has 1 aliphatic rings. The van der Waals surface area contributed by atoms with Gasteiger partial charge in [0, 0.05) is 30.4 Å². The third-order valence-corrected chi connectivity index (χ3v) is 7.02. The first-order chi connectivity index (χ1) is 13.4. The lowest BCUT2D eigenvalue weighted by Gasteiger charge is -2.25. The molecule has 2 heterocycles. The van der Waals surface area contributed by atoms with E-state index in [0.717, 1.165) is 21.4 Å². The number of pyridine rings is 1. The fraction of sp³-hybridized carbons (Fsp3) is 0.500. The van der Waals surface area contributed by atoms with Crippen LogP contribution in [0.2, 0.25) is 0 Å². The highest BCUT2D eigenvalue weighted by Gasteiger charge is 2.31. The molecular weight excluding hydrogens is 538 g/mol. The van der Waals surface area contributed by atoms with Crippen LogP contribution in [0.3, 0.4) is 0 Å². The van der Waals surface area contributed by atoms with E-state index in [0.29, 0.717) is 47.1 Å². The molecule has 1 aromatic heterocycles. The van der Waals surface area contributed by atoms with Gasteiger partial charge in [-0.2, -0.15) is 5.26 Å². The Bertz CT molecular complexity index is 923. The number of nitrogens with one attached hydrogen (secondary N) is 2. The molecule has 2 aromatic rings. The molecule has 0 aliphatic carbocycles. The number of benzene rings is 1. The van der Waals surface area contributed by atoms with Gasteiger partial charge < -0.3 is 15.4 Å².